The Morgan fingerprint density at radius 1 is 0.794 bits per heavy atom. The molecule has 0 aliphatic carbocycles. The number of methoxy groups -OCH3 is 1. The van der Waals surface area contributed by atoms with Crippen LogP contribution >= 0.6 is 11.6 Å². The number of carbonyl (C=O) groups excluding carboxylic acids is 1. The van der Waals surface area contributed by atoms with Crippen molar-refractivity contribution in [3.63, 3.8) is 0 Å². The molecule has 0 aromatic heterocycles. The third kappa shape index (κ3) is 5.57. The second kappa shape index (κ2) is 11.1. The molecule has 0 N–H and O–H groups in total. The third-order valence-corrected chi connectivity index (χ3v) is 5.27. The van der Waals surface area contributed by atoms with Crippen LogP contribution in [0, 0.1) is 0 Å². The summed E-state index contributed by atoms with van der Waals surface area (Å²) in [7, 11) is 1.50. The molecule has 4 rings (SSSR count). The highest BCUT2D eigenvalue weighted by molar-refractivity contribution is 6.33. The lowest BCUT2D eigenvalue weighted by Crippen LogP contribution is -2.10. The van der Waals surface area contributed by atoms with Crippen molar-refractivity contribution < 1.29 is 14.3 Å². The highest BCUT2D eigenvalue weighted by atomic mass is 35.5. The van der Waals surface area contributed by atoms with Crippen LogP contribution in [0.25, 0.3) is 0 Å². The van der Waals surface area contributed by atoms with Gasteiger partial charge in [-0.1, -0.05) is 84.4 Å². The molecule has 0 amide bonds. The second-order valence-corrected chi connectivity index (χ2v) is 7.61. The molecule has 0 saturated heterocycles. The predicted molar refractivity (Wildman–Crippen MR) is 136 cm³/mol. The van der Waals surface area contributed by atoms with Crippen molar-refractivity contribution >= 4 is 29.5 Å². The van der Waals surface area contributed by atoms with E-state index in [0.717, 1.165) is 22.4 Å². The van der Waals surface area contributed by atoms with Crippen LogP contribution < -0.4 is 9.47 Å². The molecule has 0 radical (unpaired) electrons. The SMILES string of the molecule is COc1cc(C=NN=C(c2ccccc2)c2ccccc2)ccc1OC(=O)c1ccccc1Cl. The molecule has 4 aromatic rings. The molecule has 0 saturated carbocycles. The Morgan fingerprint density at radius 3 is 2.03 bits per heavy atom. The summed E-state index contributed by atoms with van der Waals surface area (Å²) in [6.07, 6.45) is 1.62. The third-order valence-electron chi connectivity index (χ3n) is 4.94. The lowest BCUT2D eigenvalue weighted by Gasteiger charge is -2.10. The van der Waals surface area contributed by atoms with Gasteiger partial charge in [0.1, 0.15) is 5.71 Å². The normalized spacial score (nSPS) is 10.6. The van der Waals surface area contributed by atoms with E-state index in [1.165, 1.54) is 7.11 Å². The largest absolute Gasteiger partial charge is 0.493 e. The number of hydrogen-bond acceptors (Lipinski definition) is 5. The maximum absolute atomic E-state index is 12.5. The van der Waals surface area contributed by atoms with Gasteiger partial charge in [-0.2, -0.15) is 5.10 Å². The molecule has 0 aliphatic heterocycles. The number of rotatable bonds is 7. The highest BCUT2D eigenvalue weighted by Gasteiger charge is 2.15. The molecule has 168 valence electrons. The van der Waals surface area contributed by atoms with Crippen LogP contribution in [-0.4, -0.2) is 25.0 Å². The maximum Gasteiger partial charge on any atom is 0.345 e. The number of nitrogens with zero attached hydrogens (tertiary/aromatic N) is 2. The zero-order chi connectivity index (χ0) is 23.8. The number of halogens is 1. The maximum atomic E-state index is 12.5. The van der Waals surface area contributed by atoms with Crippen molar-refractivity contribution in [1.29, 1.82) is 0 Å². The summed E-state index contributed by atoms with van der Waals surface area (Å²) < 4.78 is 10.9. The summed E-state index contributed by atoms with van der Waals surface area (Å²) in [5.41, 5.74) is 3.70. The summed E-state index contributed by atoms with van der Waals surface area (Å²) in [6, 6.07) is 31.6. The Morgan fingerprint density at radius 2 is 1.41 bits per heavy atom. The Kier molecular flexibility index (Phi) is 7.48. The van der Waals surface area contributed by atoms with E-state index in [-0.39, 0.29) is 11.3 Å². The van der Waals surface area contributed by atoms with Crippen LogP contribution in [0.5, 0.6) is 11.5 Å². The molecular weight excluding hydrogens is 448 g/mol. The van der Waals surface area contributed by atoms with Crippen molar-refractivity contribution in [3.8, 4) is 11.5 Å². The average molecular weight is 469 g/mol. The summed E-state index contributed by atoms with van der Waals surface area (Å²) >= 11 is 6.09. The number of esters is 1. The van der Waals surface area contributed by atoms with Crippen molar-refractivity contribution in [2.45, 2.75) is 0 Å². The zero-order valence-electron chi connectivity index (χ0n) is 18.4. The van der Waals surface area contributed by atoms with Gasteiger partial charge in [0.15, 0.2) is 11.5 Å². The second-order valence-electron chi connectivity index (χ2n) is 7.20. The summed E-state index contributed by atoms with van der Waals surface area (Å²) in [4.78, 5) is 12.5. The molecule has 0 atom stereocenters. The molecule has 0 fully saturated rings. The van der Waals surface area contributed by atoms with E-state index in [9.17, 15) is 4.79 Å². The van der Waals surface area contributed by atoms with Crippen LogP contribution in [-0.2, 0) is 0 Å². The van der Waals surface area contributed by atoms with E-state index < -0.39 is 5.97 Å². The van der Waals surface area contributed by atoms with E-state index in [2.05, 4.69) is 10.2 Å². The Hall–Kier alpha value is -4.22. The summed E-state index contributed by atoms with van der Waals surface area (Å²) in [5.74, 6) is 0.104. The van der Waals surface area contributed by atoms with Crippen LogP contribution in [0.3, 0.4) is 0 Å². The lowest BCUT2D eigenvalue weighted by molar-refractivity contribution is 0.0730. The molecule has 5 nitrogen and oxygen atoms in total. The summed E-state index contributed by atoms with van der Waals surface area (Å²) in [6.45, 7) is 0. The molecule has 0 unspecified atom stereocenters. The first-order chi connectivity index (χ1) is 16.7. The minimum absolute atomic E-state index is 0.278. The number of benzene rings is 4. The van der Waals surface area contributed by atoms with Gasteiger partial charge in [-0.25, -0.2) is 4.79 Å². The first-order valence-corrected chi connectivity index (χ1v) is 10.9. The molecule has 0 bridgehead atoms. The number of ether oxygens (including phenoxy) is 2. The zero-order valence-corrected chi connectivity index (χ0v) is 19.1. The van der Waals surface area contributed by atoms with E-state index in [0.29, 0.717) is 10.8 Å². The fourth-order valence-electron chi connectivity index (χ4n) is 3.26. The molecular formula is C28H21ClN2O3. The van der Waals surface area contributed by atoms with Gasteiger partial charge in [0, 0.05) is 11.1 Å². The van der Waals surface area contributed by atoms with Gasteiger partial charge in [-0.3, -0.25) is 0 Å². The Labute approximate surface area is 203 Å². The minimum atomic E-state index is -0.565. The van der Waals surface area contributed by atoms with Gasteiger partial charge in [0.2, 0.25) is 0 Å². The van der Waals surface area contributed by atoms with E-state index >= 15 is 0 Å². The smallest absolute Gasteiger partial charge is 0.345 e. The standard InChI is InChI=1S/C28H21ClN2O3/c1-33-26-18-20(16-17-25(26)34-28(32)23-14-8-9-15-24(23)29)19-30-31-27(21-10-4-2-5-11-21)22-12-6-3-7-13-22/h2-19H,1H3. The first-order valence-electron chi connectivity index (χ1n) is 10.5. The Bertz CT molecular complexity index is 1290. The fourth-order valence-corrected chi connectivity index (χ4v) is 3.47. The monoisotopic (exact) mass is 468 g/mol. The number of carbonyl (C=O) groups is 1. The lowest BCUT2D eigenvalue weighted by atomic mass is 10.0. The van der Waals surface area contributed by atoms with Crippen molar-refractivity contribution in [2.24, 2.45) is 10.2 Å². The van der Waals surface area contributed by atoms with Crippen LogP contribution in [0.1, 0.15) is 27.0 Å². The predicted octanol–water partition coefficient (Wildman–Crippen LogP) is 6.44. The van der Waals surface area contributed by atoms with Gasteiger partial charge in [0.05, 0.1) is 23.9 Å². The minimum Gasteiger partial charge on any atom is -0.493 e. The van der Waals surface area contributed by atoms with Crippen LogP contribution in [0.2, 0.25) is 5.02 Å². The molecule has 34 heavy (non-hydrogen) atoms. The van der Waals surface area contributed by atoms with Crippen LogP contribution in [0.4, 0.5) is 0 Å². The van der Waals surface area contributed by atoms with Gasteiger partial charge >= 0.3 is 5.97 Å². The fraction of sp³-hybridized carbons (Fsp3) is 0.0357. The topological polar surface area (TPSA) is 60.3 Å². The quantitative estimate of drug-likeness (QED) is 0.136. The molecule has 6 heteroatoms. The van der Waals surface area contributed by atoms with Crippen molar-refractivity contribution in [3.05, 3.63) is 130 Å². The average Bonchev–Trinajstić information content (AvgIpc) is 2.88. The van der Waals surface area contributed by atoms with E-state index in [1.54, 1.807) is 48.7 Å². The van der Waals surface area contributed by atoms with Crippen LogP contribution in [0.15, 0.2) is 113 Å². The molecule has 0 aliphatic rings. The molecule has 4 aromatic carbocycles. The molecule has 0 spiro atoms. The van der Waals surface area contributed by atoms with E-state index in [1.807, 2.05) is 60.7 Å². The summed E-state index contributed by atoms with van der Waals surface area (Å²) in [5, 5.41) is 9.10. The first kappa shape index (κ1) is 23.0. The number of hydrogen-bond donors (Lipinski definition) is 0. The Balaban J connectivity index is 1.57. The van der Waals surface area contributed by atoms with Gasteiger partial charge < -0.3 is 9.47 Å². The van der Waals surface area contributed by atoms with Gasteiger partial charge in [0.25, 0.3) is 0 Å². The van der Waals surface area contributed by atoms with Gasteiger partial charge in [-0.05, 0) is 35.9 Å². The van der Waals surface area contributed by atoms with Gasteiger partial charge in [-0.15, -0.1) is 5.10 Å². The highest BCUT2D eigenvalue weighted by Crippen LogP contribution is 2.29. The molecule has 0 heterocycles. The van der Waals surface area contributed by atoms with E-state index in [4.69, 9.17) is 21.1 Å². The van der Waals surface area contributed by atoms with Crippen molar-refractivity contribution in [1.82, 2.24) is 0 Å². The van der Waals surface area contributed by atoms with Crippen molar-refractivity contribution in [2.75, 3.05) is 7.11 Å².